The van der Waals surface area contributed by atoms with E-state index in [1.165, 1.54) is 6.07 Å². The Morgan fingerprint density at radius 3 is 3.08 bits per heavy atom. The van der Waals surface area contributed by atoms with Crippen LogP contribution in [0.25, 0.3) is 0 Å². The van der Waals surface area contributed by atoms with Crippen LogP contribution in [0.3, 0.4) is 0 Å². The van der Waals surface area contributed by atoms with Gasteiger partial charge in [-0.1, -0.05) is 0 Å². The van der Waals surface area contributed by atoms with Gasteiger partial charge in [-0.25, -0.2) is 4.39 Å². The molecule has 0 aliphatic carbocycles. The number of rotatable bonds is 0. The lowest BCUT2D eigenvalue weighted by atomic mass is 10.1. The van der Waals surface area contributed by atoms with Gasteiger partial charge in [0.15, 0.2) is 11.6 Å². The molecule has 0 bridgehead atoms. The summed E-state index contributed by atoms with van der Waals surface area (Å²) >= 11 is 0. The molecule has 1 aliphatic heterocycles. The molecule has 0 radical (unpaired) electrons. The van der Waals surface area contributed by atoms with Gasteiger partial charge < -0.3 is 15.6 Å². The van der Waals surface area contributed by atoms with Gasteiger partial charge >= 0.3 is 0 Å². The van der Waals surface area contributed by atoms with E-state index >= 15 is 0 Å². The minimum atomic E-state index is -0.678. The number of hydrogen-bond acceptors (Lipinski definition) is 3. The maximum absolute atomic E-state index is 12.7. The summed E-state index contributed by atoms with van der Waals surface area (Å²) in [5.74, 6) is -0.629. The van der Waals surface area contributed by atoms with E-state index in [4.69, 9.17) is 15.6 Å². The van der Waals surface area contributed by atoms with Crippen LogP contribution in [0.2, 0.25) is 0 Å². The maximum atomic E-state index is 12.7. The van der Waals surface area contributed by atoms with E-state index in [1.54, 1.807) is 0 Å². The number of phenols is 1. The van der Waals surface area contributed by atoms with Crippen LogP contribution in [0.15, 0.2) is 12.1 Å². The van der Waals surface area contributed by atoms with Crippen LogP contribution in [-0.2, 0) is 0 Å². The van der Waals surface area contributed by atoms with Crippen LogP contribution < -0.4 is 10.5 Å². The van der Waals surface area contributed by atoms with Crippen molar-refractivity contribution < 1.29 is 14.2 Å². The summed E-state index contributed by atoms with van der Waals surface area (Å²) in [5.41, 5.74) is 6.27. The molecule has 12 heavy (non-hydrogen) atoms. The van der Waals surface area contributed by atoms with Gasteiger partial charge in [0.05, 0.1) is 6.04 Å². The highest BCUT2D eigenvalue weighted by Crippen LogP contribution is 2.35. The average Bonchev–Trinajstić information content (AvgIpc) is 2.35. The molecule has 4 heteroatoms. The number of aromatic hydroxyl groups is 1. The van der Waals surface area contributed by atoms with Gasteiger partial charge in [-0.3, -0.25) is 0 Å². The van der Waals surface area contributed by atoms with Crippen molar-refractivity contribution in [1.29, 1.82) is 0 Å². The molecule has 3 N–H and O–H groups in total. The van der Waals surface area contributed by atoms with Crippen LogP contribution >= 0.6 is 0 Å². The molecule has 2 rings (SSSR count). The molecule has 0 unspecified atom stereocenters. The molecule has 0 spiro atoms. The first-order valence-electron chi connectivity index (χ1n) is 3.59. The van der Waals surface area contributed by atoms with Crippen molar-refractivity contribution in [2.24, 2.45) is 5.73 Å². The molecule has 0 saturated carbocycles. The van der Waals surface area contributed by atoms with E-state index in [2.05, 4.69) is 0 Å². The third-order valence-corrected chi connectivity index (χ3v) is 1.90. The zero-order chi connectivity index (χ0) is 8.72. The second-order valence-electron chi connectivity index (χ2n) is 2.76. The van der Waals surface area contributed by atoms with Crippen molar-refractivity contribution in [3.8, 4) is 11.5 Å². The lowest BCUT2D eigenvalue weighted by Crippen LogP contribution is -2.10. The third-order valence-electron chi connectivity index (χ3n) is 1.90. The second kappa shape index (κ2) is 2.35. The molecular formula is C8H8FNO2. The van der Waals surface area contributed by atoms with Crippen molar-refractivity contribution in [2.75, 3.05) is 6.61 Å². The average molecular weight is 169 g/mol. The standard InChI is InChI=1S/C8H8FNO2/c9-5-2-8-4(1-7(5)11)6(10)3-12-8/h1-2,6,11H,3,10H2/t6-/m0/s1. The summed E-state index contributed by atoms with van der Waals surface area (Å²) in [7, 11) is 0. The monoisotopic (exact) mass is 169 g/mol. The summed E-state index contributed by atoms with van der Waals surface area (Å²) in [4.78, 5) is 0. The van der Waals surface area contributed by atoms with Crippen LogP contribution in [0.4, 0.5) is 4.39 Å². The summed E-state index contributed by atoms with van der Waals surface area (Å²) in [6.07, 6.45) is 0. The molecule has 1 atom stereocenters. The van der Waals surface area contributed by atoms with Crippen LogP contribution in [0.5, 0.6) is 11.5 Å². The van der Waals surface area contributed by atoms with Crippen LogP contribution in [-0.4, -0.2) is 11.7 Å². The lowest BCUT2D eigenvalue weighted by Gasteiger charge is -2.01. The predicted octanol–water partition coefficient (Wildman–Crippen LogP) is 0.923. The fourth-order valence-corrected chi connectivity index (χ4v) is 1.24. The Morgan fingerprint density at radius 1 is 1.58 bits per heavy atom. The summed E-state index contributed by atoms with van der Waals surface area (Å²) in [5, 5.41) is 9.02. The zero-order valence-corrected chi connectivity index (χ0v) is 6.25. The zero-order valence-electron chi connectivity index (χ0n) is 6.25. The Labute approximate surface area is 68.6 Å². The Hall–Kier alpha value is -1.29. The summed E-state index contributed by atoms with van der Waals surface area (Å²) in [6, 6.07) is 2.20. The van der Waals surface area contributed by atoms with E-state index in [-0.39, 0.29) is 11.8 Å². The Kier molecular flexibility index (Phi) is 1.44. The molecule has 1 aliphatic rings. The molecule has 1 aromatic rings. The summed E-state index contributed by atoms with van der Waals surface area (Å²) in [6.45, 7) is 0.345. The number of nitrogens with two attached hydrogens (primary N) is 1. The number of fused-ring (bicyclic) bond motifs is 1. The smallest absolute Gasteiger partial charge is 0.168 e. The fourth-order valence-electron chi connectivity index (χ4n) is 1.24. The molecule has 3 nitrogen and oxygen atoms in total. The van der Waals surface area contributed by atoms with Gasteiger partial charge in [-0.15, -0.1) is 0 Å². The van der Waals surface area contributed by atoms with E-state index in [9.17, 15) is 4.39 Å². The highest BCUT2D eigenvalue weighted by Gasteiger charge is 2.22. The van der Waals surface area contributed by atoms with E-state index < -0.39 is 5.82 Å². The van der Waals surface area contributed by atoms with Gasteiger partial charge in [-0.2, -0.15) is 0 Å². The van der Waals surface area contributed by atoms with Crippen molar-refractivity contribution in [1.82, 2.24) is 0 Å². The minimum Gasteiger partial charge on any atom is -0.505 e. The normalized spacial score (nSPS) is 20.3. The molecule has 1 aromatic carbocycles. The SMILES string of the molecule is N[C@H]1COc2cc(F)c(O)cc21. The molecule has 0 aromatic heterocycles. The second-order valence-corrected chi connectivity index (χ2v) is 2.76. The first-order chi connectivity index (χ1) is 5.68. The highest BCUT2D eigenvalue weighted by atomic mass is 19.1. The van der Waals surface area contributed by atoms with Gasteiger partial charge in [0, 0.05) is 11.6 Å². The van der Waals surface area contributed by atoms with Crippen molar-refractivity contribution in [3.63, 3.8) is 0 Å². The molecule has 1 heterocycles. The molecule has 0 saturated heterocycles. The minimum absolute atomic E-state index is 0.258. The number of phenolic OH excluding ortho intramolecular Hbond substituents is 1. The fraction of sp³-hybridized carbons (Fsp3) is 0.250. The summed E-state index contributed by atoms with van der Waals surface area (Å²) < 4.78 is 17.8. The van der Waals surface area contributed by atoms with Crippen LogP contribution in [0, 0.1) is 5.82 Å². The van der Waals surface area contributed by atoms with Gasteiger partial charge in [0.2, 0.25) is 0 Å². The molecule has 0 fully saturated rings. The molecule has 64 valence electrons. The Balaban J connectivity index is 2.56. The van der Waals surface area contributed by atoms with Crippen molar-refractivity contribution in [3.05, 3.63) is 23.5 Å². The van der Waals surface area contributed by atoms with Crippen LogP contribution in [0.1, 0.15) is 11.6 Å². The first kappa shape index (κ1) is 7.36. The van der Waals surface area contributed by atoms with Crippen molar-refractivity contribution >= 4 is 0 Å². The lowest BCUT2D eigenvalue weighted by molar-refractivity contribution is 0.331. The quantitative estimate of drug-likeness (QED) is 0.607. The van der Waals surface area contributed by atoms with Gasteiger partial charge in [-0.05, 0) is 6.07 Å². The maximum Gasteiger partial charge on any atom is 0.168 e. The predicted molar refractivity (Wildman–Crippen MR) is 40.5 cm³/mol. The number of hydrogen-bond donors (Lipinski definition) is 2. The Morgan fingerprint density at radius 2 is 2.33 bits per heavy atom. The van der Waals surface area contributed by atoms with Crippen molar-refractivity contribution in [2.45, 2.75) is 6.04 Å². The topological polar surface area (TPSA) is 55.5 Å². The first-order valence-corrected chi connectivity index (χ1v) is 3.59. The number of benzene rings is 1. The third kappa shape index (κ3) is 0.921. The van der Waals surface area contributed by atoms with E-state index in [0.29, 0.717) is 17.9 Å². The molecule has 0 amide bonds. The highest BCUT2D eigenvalue weighted by molar-refractivity contribution is 5.44. The Bertz CT molecular complexity index is 327. The van der Waals surface area contributed by atoms with Gasteiger partial charge in [0.1, 0.15) is 12.4 Å². The van der Waals surface area contributed by atoms with Gasteiger partial charge in [0.25, 0.3) is 0 Å². The van der Waals surface area contributed by atoms with E-state index in [0.717, 1.165) is 6.07 Å². The van der Waals surface area contributed by atoms with E-state index in [1.807, 2.05) is 0 Å². The number of halogens is 1. The number of ether oxygens (including phenoxy) is 1. The molecular weight excluding hydrogens is 161 g/mol. The largest absolute Gasteiger partial charge is 0.505 e.